The second-order valence-electron chi connectivity index (χ2n) is 5.29. The van der Waals surface area contributed by atoms with Crippen molar-refractivity contribution in [1.82, 2.24) is 9.55 Å². The van der Waals surface area contributed by atoms with Gasteiger partial charge in [-0.3, -0.25) is 18.9 Å². The molecule has 2 unspecified atom stereocenters. The lowest BCUT2D eigenvalue weighted by Gasteiger charge is -2.25. The van der Waals surface area contributed by atoms with E-state index in [4.69, 9.17) is 13.8 Å². The second kappa shape index (κ2) is 8.09. The molecule has 26 heavy (non-hydrogen) atoms. The molecule has 0 amide bonds. The number of aromatic amines is 1. The molecule has 12 heteroatoms. The summed E-state index contributed by atoms with van der Waals surface area (Å²) in [7, 11) is -0.658. The molecule has 144 valence electrons. The maximum atomic E-state index is 13.4. The average molecular weight is 392 g/mol. The van der Waals surface area contributed by atoms with Gasteiger partial charge in [0, 0.05) is 20.6 Å². The van der Waals surface area contributed by atoms with E-state index in [1.54, 1.807) is 0 Å². The number of nitrogens with zero attached hydrogens (tertiary/aromatic N) is 1. The first-order valence-corrected chi connectivity index (χ1v) is 9.00. The number of hydrogen-bond donors (Lipinski definition) is 1. The van der Waals surface area contributed by atoms with Crippen molar-refractivity contribution in [2.75, 3.05) is 21.3 Å². The molecular formula is C14H18FN2O8P. The normalized spacial score (nSPS) is 20.9. The van der Waals surface area contributed by atoms with E-state index in [2.05, 4.69) is 4.74 Å². The molecule has 0 saturated heterocycles. The Hall–Kier alpha value is -2.07. The van der Waals surface area contributed by atoms with Crippen LogP contribution in [0.4, 0.5) is 4.39 Å². The van der Waals surface area contributed by atoms with E-state index in [1.165, 1.54) is 12.2 Å². The maximum absolute atomic E-state index is 13.4. The van der Waals surface area contributed by atoms with Gasteiger partial charge in [0.2, 0.25) is 5.82 Å². The van der Waals surface area contributed by atoms with Crippen LogP contribution < -0.4 is 11.2 Å². The van der Waals surface area contributed by atoms with Gasteiger partial charge >= 0.3 is 19.3 Å². The minimum atomic E-state index is -3.94. The Kier molecular flexibility index (Phi) is 6.30. The molecule has 1 N–H and O–H groups in total. The predicted molar refractivity (Wildman–Crippen MR) is 86.4 cm³/mol. The van der Waals surface area contributed by atoms with E-state index in [-0.39, 0.29) is 6.42 Å². The highest BCUT2D eigenvalue weighted by Gasteiger charge is 2.44. The zero-order valence-corrected chi connectivity index (χ0v) is 15.1. The van der Waals surface area contributed by atoms with Gasteiger partial charge in [-0.1, -0.05) is 12.2 Å². The lowest BCUT2D eigenvalue weighted by Crippen LogP contribution is -2.34. The number of ether oxygens (including phenoxy) is 2. The quantitative estimate of drug-likeness (QED) is 0.405. The fourth-order valence-corrected chi connectivity index (χ4v) is 3.65. The number of carbonyl (C=O) groups is 1. The summed E-state index contributed by atoms with van der Waals surface area (Å²) < 4.78 is 46.5. The van der Waals surface area contributed by atoms with Crippen molar-refractivity contribution in [2.24, 2.45) is 0 Å². The highest BCUT2D eigenvalue weighted by molar-refractivity contribution is 7.55. The van der Waals surface area contributed by atoms with Crippen molar-refractivity contribution in [3.05, 3.63) is 45.0 Å². The number of allylic oxidation sites excluding steroid dienone is 1. The zero-order valence-electron chi connectivity index (χ0n) is 14.2. The van der Waals surface area contributed by atoms with Gasteiger partial charge in [0.05, 0.1) is 25.5 Å². The summed E-state index contributed by atoms with van der Waals surface area (Å²) in [4.78, 5) is 36.7. The Balaban J connectivity index is 2.20. The molecule has 1 aliphatic rings. The Bertz CT molecular complexity index is 855. The number of methoxy groups -OCH3 is 1. The molecule has 1 aromatic rings. The molecule has 0 aliphatic heterocycles. The molecule has 1 aromatic heterocycles. The fourth-order valence-electron chi connectivity index (χ4n) is 2.45. The smallest absolute Gasteiger partial charge is 0.370 e. The topological polar surface area (TPSA) is 126 Å². The van der Waals surface area contributed by atoms with Crippen molar-refractivity contribution in [2.45, 2.75) is 24.4 Å². The van der Waals surface area contributed by atoms with Crippen molar-refractivity contribution < 1.29 is 32.3 Å². The van der Waals surface area contributed by atoms with E-state index < -0.39 is 48.6 Å². The molecule has 0 bridgehead atoms. The third-order valence-corrected chi connectivity index (χ3v) is 5.73. The monoisotopic (exact) mass is 392 g/mol. The van der Waals surface area contributed by atoms with Gasteiger partial charge < -0.3 is 18.5 Å². The first kappa shape index (κ1) is 20.2. The molecule has 1 aliphatic carbocycles. The van der Waals surface area contributed by atoms with Crippen molar-refractivity contribution in [3.8, 4) is 0 Å². The summed E-state index contributed by atoms with van der Waals surface area (Å²) in [6.07, 6.45) is 3.18. The predicted octanol–water partition coefficient (Wildman–Crippen LogP) is 0.547. The largest absolute Gasteiger partial charge is 0.467 e. The summed E-state index contributed by atoms with van der Waals surface area (Å²) in [5.74, 6) is -3.71. The first-order chi connectivity index (χ1) is 12.3. The summed E-state index contributed by atoms with van der Waals surface area (Å²) in [5.41, 5.74) is -1.91. The highest BCUT2D eigenvalue weighted by atomic mass is 31.2. The molecule has 1 heterocycles. The number of esters is 1. The number of rotatable bonds is 7. The molecular weight excluding hydrogens is 374 g/mol. The van der Waals surface area contributed by atoms with Crippen LogP contribution in [-0.4, -0.2) is 48.8 Å². The van der Waals surface area contributed by atoms with Crippen LogP contribution in [0.3, 0.4) is 0 Å². The second-order valence-corrected chi connectivity index (χ2v) is 7.57. The summed E-state index contributed by atoms with van der Waals surface area (Å²) >= 11 is 0. The molecule has 2 rings (SSSR count). The number of hydrogen-bond acceptors (Lipinski definition) is 8. The molecule has 0 saturated carbocycles. The maximum Gasteiger partial charge on any atom is 0.370 e. The van der Waals surface area contributed by atoms with Gasteiger partial charge in [0.25, 0.3) is 11.4 Å². The van der Waals surface area contributed by atoms with Crippen LogP contribution in [-0.2, 0) is 27.9 Å². The number of nitrogens with one attached hydrogen (secondary N) is 1. The molecule has 0 aromatic carbocycles. The first-order valence-electron chi connectivity index (χ1n) is 7.39. The third kappa shape index (κ3) is 4.01. The van der Waals surface area contributed by atoms with Gasteiger partial charge in [-0.15, -0.1) is 0 Å². The molecule has 0 spiro atoms. The lowest BCUT2D eigenvalue weighted by atomic mass is 10.2. The average Bonchev–Trinajstić information content (AvgIpc) is 3.09. The lowest BCUT2D eigenvalue weighted by molar-refractivity contribution is -0.151. The summed E-state index contributed by atoms with van der Waals surface area (Å²) in [6.45, 7) is 0. The zero-order chi connectivity index (χ0) is 19.5. The third-order valence-electron chi connectivity index (χ3n) is 3.81. The Morgan fingerprint density at radius 3 is 2.54 bits per heavy atom. The molecule has 0 radical (unpaired) electrons. The van der Waals surface area contributed by atoms with Crippen LogP contribution in [0.2, 0.25) is 0 Å². The van der Waals surface area contributed by atoms with Gasteiger partial charge in [0.15, 0.2) is 0 Å². The molecule has 3 atom stereocenters. The van der Waals surface area contributed by atoms with E-state index in [0.717, 1.165) is 32.1 Å². The van der Waals surface area contributed by atoms with Gasteiger partial charge in [0.1, 0.15) is 0 Å². The van der Waals surface area contributed by atoms with Gasteiger partial charge in [-0.25, -0.2) is 9.59 Å². The van der Waals surface area contributed by atoms with Crippen LogP contribution in [0, 0.1) is 5.82 Å². The number of aromatic nitrogens is 2. The van der Waals surface area contributed by atoms with E-state index >= 15 is 0 Å². The van der Waals surface area contributed by atoms with Gasteiger partial charge in [-0.2, -0.15) is 4.39 Å². The van der Waals surface area contributed by atoms with E-state index in [9.17, 15) is 23.3 Å². The van der Waals surface area contributed by atoms with Crippen LogP contribution in [0.15, 0.2) is 27.9 Å². The Morgan fingerprint density at radius 2 is 1.96 bits per heavy atom. The van der Waals surface area contributed by atoms with Crippen LogP contribution in [0.1, 0.15) is 12.5 Å². The highest BCUT2D eigenvalue weighted by Crippen LogP contribution is 2.53. The Morgan fingerprint density at radius 1 is 1.31 bits per heavy atom. The number of carbonyl (C=O) groups excluding carboxylic acids is 1. The van der Waals surface area contributed by atoms with Crippen LogP contribution >= 0.6 is 7.60 Å². The summed E-state index contributed by atoms with van der Waals surface area (Å²) in [5, 5.41) is 0. The van der Waals surface area contributed by atoms with E-state index in [1.807, 2.05) is 4.98 Å². The van der Waals surface area contributed by atoms with Crippen LogP contribution in [0.25, 0.3) is 0 Å². The minimum Gasteiger partial charge on any atom is -0.467 e. The van der Waals surface area contributed by atoms with Crippen molar-refractivity contribution in [1.29, 1.82) is 0 Å². The number of halogens is 1. The Labute approximate surface area is 147 Å². The SMILES string of the molecule is COC(=O)C(OC1C=C[C@H](n2cc(F)c(=O)[nH]c2=O)C1)P(=O)(OC)OC. The van der Waals surface area contributed by atoms with Crippen molar-refractivity contribution >= 4 is 13.6 Å². The van der Waals surface area contributed by atoms with Crippen LogP contribution in [0.5, 0.6) is 0 Å². The van der Waals surface area contributed by atoms with E-state index in [0.29, 0.717) is 0 Å². The number of H-pyrrole nitrogens is 1. The van der Waals surface area contributed by atoms with Gasteiger partial charge in [-0.05, 0) is 0 Å². The molecule has 0 fully saturated rings. The summed E-state index contributed by atoms with van der Waals surface area (Å²) in [6, 6.07) is -0.637. The minimum absolute atomic E-state index is 0.117. The standard InChI is InChI=1S/C14H18FN2O8P/c1-22-12(19)13(26(21,23-2)24-3)25-9-5-4-8(6-9)17-7-10(15)11(18)16-14(17)20/h4-5,7-9,13H,6H2,1-3H3,(H,16,18,20)/t8-,9?,13?/m0/s1. The fraction of sp³-hybridized carbons (Fsp3) is 0.500. The molecule has 10 nitrogen and oxygen atoms in total. The van der Waals surface area contributed by atoms with Crippen molar-refractivity contribution in [3.63, 3.8) is 0 Å².